The van der Waals surface area contributed by atoms with Gasteiger partial charge >= 0.3 is 11.9 Å². The van der Waals surface area contributed by atoms with Gasteiger partial charge in [-0.1, -0.05) is 0 Å². The predicted octanol–water partition coefficient (Wildman–Crippen LogP) is 0.898. The van der Waals surface area contributed by atoms with Crippen molar-refractivity contribution < 1.29 is 24.2 Å². The van der Waals surface area contributed by atoms with Crippen LogP contribution in [0.25, 0.3) is 0 Å². The fourth-order valence-corrected chi connectivity index (χ4v) is 1.04. The average molecular weight is 208 g/mol. The van der Waals surface area contributed by atoms with E-state index >= 15 is 0 Å². The summed E-state index contributed by atoms with van der Waals surface area (Å²) in [5, 5.41) is 8.63. The Morgan fingerprint density at radius 1 is 1.27 bits per heavy atom. The molecule has 2 rings (SSSR count). The molecule has 0 aliphatic carbocycles. The average Bonchev–Trinajstić information content (AvgIpc) is 3.02. The topological polar surface area (TPSA) is 76.1 Å². The van der Waals surface area contributed by atoms with Gasteiger partial charge in [0.05, 0.1) is 11.1 Å². The van der Waals surface area contributed by atoms with Gasteiger partial charge in [0, 0.05) is 0 Å². The minimum Gasteiger partial charge on any atom is -0.478 e. The van der Waals surface area contributed by atoms with Crippen LogP contribution in [0.4, 0.5) is 0 Å². The van der Waals surface area contributed by atoms with Crippen molar-refractivity contribution in [2.75, 3.05) is 6.61 Å². The minimum atomic E-state index is -1.03. The van der Waals surface area contributed by atoms with Crippen LogP contribution in [0.3, 0.4) is 0 Å². The first-order chi connectivity index (χ1) is 7.16. The van der Waals surface area contributed by atoms with Crippen molar-refractivity contribution in [3.05, 3.63) is 35.4 Å². The van der Waals surface area contributed by atoms with E-state index in [0.29, 0.717) is 12.2 Å². The van der Waals surface area contributed by atoms with Crippen LogP contribution in [0.2, 0.25) is 0 Å². The molecule has 5 heteroatoms. The van der Waals surface area contributed by atoms with Gasteiger partial charge in [0.15, 0.2) is 0 Å². The highest BCUT2D eigenvalue weighted by atomic mass is 16.8. The molecule has 1 aliphatic rings. The Kier molecular flexibility index (Phi) is 2.39. The number of carboxylic acids is 1. The van der Waals surface area contributed by atoms with Gasteiger partial charge in [0.1, 0.15) is 6.61 Å². The summed E-state index contributed by atoms with van der Waals surface area (Å²) in [4.78, 5) is 21.9. The molecule has 1 unspecified atom stereocenters. The van der Waals surface area contributed by atoms with Crippen LogP contribution in [0.15, 0.2) is 24.3 Å². The molecule has 0 aromatic heterocycles. The Morgan fingerprint density at radius 3 is 2.27 bits per heavy atom. The van der Waals surface area contributed by atoms with Crippen molar-refractivity contribution >= 4 is 11.9 Å². The van der Waals surface area contributed by atoms with Crippen LogP contribution in [-0.4, -0.2) is 29.9 Å². The number of aromatic carboxylic acids is 1. The third-order valence-corrected chi connectivity index (χ3v) is 1.91. The molecule has 78 valence electrons. The van der Waals surface area contributed by atoms with Crippen molar-refractivity contribution in [2.24, 2.45) is 0 Å². The molecule has 1 aromatic rings. The lowest BCUT2D eigenvalue weighted by atomic mass is 10.1. The van der Waals surface area contributed by atoms with Gasteiger partial charge in [0.25, 0.3) is 0 Å². The highest BCUT2D eigenvalue weighted by Crippen LogP contribution is 2.14. The molecule has 5 nitrogen and oxygen atoms in total. The first-order valence-corrected chi connectivity index (χ1v) is 4.33. The molecule has 0 bridgehead atoms. The van der Waals surface area contributed by atoms with E-state index in [2.05, 4.69) is 0 Å². The number of carbonyl (C=O) groups is 2. The molecule has 1 saturated heterocycles. The van der Waals surface area contributed by atoms with Gasteiger partial charge in [-0.15, -0.1) is 0 Å². The standard InChI is InChI=1S/C10H8O5/c11-9(12)6-1-3-7(4-2-6)10(13)15-8-5-14-8/h1-4,8H,5H2,(H,11,12). The number of carboxylic acid groups (broad SMARTS) is 1. The van der Waals surface area contributed by atoms with Crippen LogP contribution < -0.4 is 0 Å². The fourth-order valence-electron chi connectivity index (χ4n) is 1.04. The molecule has 1 N–H and O–H groups in total. The number of hydrogen-bond acceptors (Lipinski definition) is 4. The molecule has 0 amide bonds. The number of esters is 1. The molecule has 1 atom stereocenters. The number of rotatable bonds is 3. The van der Waals surface area contributed by atoms with Crippen molar-refractivity contribution in [3.8, 4) is 0 Å². The molecular formula is C10H8O5. The quantitative estimate of drug-likeness (QED) is 0.589. The summed E-state index contributed by atoms with van der Waals surface area (Å²) in [7, 11) is 0. The van der Waals surface area contributed by atoms with E-state index in [-0.39, 0.29) is 5.56 Å². The van der Waals surface area contributed by atoms with Crippen LogP contribution in [0.5, 0.6) is 0 Å². The zero-order valence-corrected chi connectivity index (χ0v) is 7.67. The number of ether oxygens (including phenoxy) is 2. The van der Waals surface area contributed by atoms with E-state index in [0.717, 1.165) is 0 Å². The third-order valence-electron chi connectivity index (χ3n) is 1.91. The van der Waals surface area contributed by atoms with Crippen molar-refractivity contribution in [3.63, 3.8) is 0 Å². The number of hydrogen-bond donors (Lipinski definition) is 1. The van der Waals surface area contributed by atoms with Crippen LogP contribution in [0.1, 0.15) is 20.7 Å². The highest BCUT2D eigenvalue weighted by Gasteiger charge is 2.27. The van der Waals surface area contributed by atoms with Gasteiger partial charge in [-0.05, 0) is 24.3 Å². The lowest BCUT2D eigenvalue weighted by molar-refractivity contribution is 0.0297. The van der Waals surface area contributed by atoms with E-state index in [9.17, 15) is 9.59 Å². The van der Waals surface area contributed by atoms with Crippen molar-refractivity contribution in [2.45, 2.75) is 6.29 Å². The maximum Gasteiger partial charge on any atom is 0.340 e. The maximum atomic E-state index is 11.3. The Morgan fingerprint density at radius 2 is 1.80 bits per heavy atom. The lowest BCUT2D eigenvalue weighted by Crippen LogP contribution is -2.07. The highest BCUT2D eigenvalue weighted by molar-refractivity contribution is 5.92. The van der Waals surface area contributed by atoms with Gasteiger partial charge < -0.3 is 14.6 Å². The van der Waals surface area contributed by atoms with Gasteiger partial charge in [-0.2, -0.15) is 0 Å². The maximum absolute atomic E-state index is 11.3. The summed E-state index contributed by atoms with van der Waals surface area (Å²) in [6.07, 6.45) is -0.434. The monoisotopic (exact) mass is 208 g/mol. The first-order valence-electron chi connectivity index (χ1n) is 4.33. The number of carbonyl (C=O) groups excluding carboxylic acids is 1. The van der Waals surface area contributed by atoms with E-state index in [1.54, 1.807) is 0 Å². The Balaban J connectivity index is 2.08. The van der Waals surface area contributed by atoms with E-state index < -0.39 is 18.2 Å². The Bertz CT molecular complexity index is 391. The van der Waals surface area contributed by atoms with Crippen molar-refractivity contribution in [1.82, 2.24) is 0 Å². The zero-order chi connectivity index (χ0) is 10.8. The van der Waals surface area contributed by atoms with Crippen molar-refractivity contribution in [1.29, 1.82) is 0 Å². The smallest absolute Gasteiger partial charge is 0.340 e. The number of epoxide rings is 1. The summed E-state index contributed by atoms with van der Waals surface area (Å²) >= 11 is 0. The summed E-state index contributed by atoms with van der Waals surface area (Å²) < 4.78 is 9.56. The summed E-state index contributed by atoms with van der Waals surface area (Å²) in [6, 6.07) is 5.53. The summed E-state index contributed by atoms with van der Waals surface area (Å²) in [5.74, 6) is -1.53. The number of benzene rings is 1. The molecule has 1 aromatic carbocycles. The largest absolute Gasteiger partial charge is 0.478 e. The first kappa shape index (κ1) is 9.67. The molecule has 0 radical (unpaired) electrons. The molecule has 1 fully saturated rings. The molecule has 1 heterocycles. The summed E-state index contributed by atoms with van der Waals surface area (Å²) in [5.41, 5.74) is 0.449. The van der Waals surface area contributed by atoms with Gasteiger partial charge in [-0.3, -0.25) is 0 Å². The second-order valence-corrected chi connectivity index (χ2v) is 3.05. The molecule has 0 spiro atoms. The minimum absolute atomic E-state index is 0.134. The molecule has 15 heavy (non-hydrogen) atoms. The van der Waals surface area contributed by atoms with E-state index in [1.165, 1.54) is 24.3 Å². The second-order valence-electron chi connectivity index (χ2n) is 3.05. The second kappa shape index (κ2) is 3.70. The lowest BCUT2D eigenvalue weighted by Gasteiger charge is -2.01. The van der Waals surface area contributed by atoms with Crippen LogP contribution in [0, 0.1) is 0 Å². The molecule has 0 saturated carbocycles. The van der Waals surface area contributed by atoms with Crippen LogP contribution >= 0.6 is 0 Å². The summed E-state index contributed by atoms with van der Waals surface area (Å²) in [6.45, 7) is 0.430. The normalized spacial score (nSPS) is 18.3. The Hall–Kier alpha value is -1.88. The van der Waals surface area contributed by atoms with E-state index in [1.807, 2.05) is 0 Å². The van der Waals surface area contributed by atoms with Crippen LogP contribution in [-0.2, 0) is 9.47 Å². The SMILES string of the molecule is O=C(O)c1ccc(C(=O)OC2CO2)cc1. The fraction of sp³-hybridized carbons (Fsp3) is 0.200. The molecule has 1 aliphatic heterocycles. The van der Waals surface area contributed by atoms with Gasteiger partial charge in [0.2, 0.25) is 6.29 Å². The molecular weight excluding hydrogens is 200 g/mol. The Labute approximate surface area is 85.2 Å². The zero-order valence-electron chi connectivity index (χ0n) is 7.67. The third kappa shape index (κ3) is 2.32. The van der Waals surface area contributed by atoms with E-state index in [4.69, 9.17) is 14.6 Å². The van der Waals surface area contributed by atoms with Gasteiger partial charge in [-0.25, -0.2) is 9.59 Å². The predicted molar refractivity (Wildman–Crippen MR) is 48.6 cm³/mol.